The van der Waals surface area contributed by atoms with Crippen molar-refractivity contribution >= 4 is 11.7 Å². The van der Waals surface area contributed by atoms with E-state index >= 15 is 0 Å². The molecule has 0 atom stereocenters. The largest absolute Gasteiger partial charge is 0.455 e. The molecule has 1 aliphatic rings. The smallest absolute Gasteiger partial charge is 0.319 e. The highest BCUT2D eigenvalue weighted by Crippen LogP contribution is 2.25. The Morgan fingerprint density at radius 2 is 2.03 bits per heavy atom. The maximum absolute atomic E-state index is 13.1. The van der Waals surface area contributed by atoms with Crippen LogP contribution in [0.25, 0.3) is 0 Å². The van der Waals surface area contributed by atoms with Crippen molar-refractivity contribution in [3.8, 4) is 6.01 Å². The van der Waals surface area contributed by atoms with Crippen LogP contribution in [0.2, 0.25) is 0 Å². The van der Waals surface area contributed by atoms with Gasteiger partial charge in [0.1, 0.15) is 5.82 Å². The van der Waals surface area contributed by atoms with E-state index in [1.165, 1.54) is 18.2 Å². The molecule has 10 heteroatoms. The van der Waals surface area contributed by atoms with Crippen LogP contribution in [0.3, 0.4) is 0 Å². The zero-order chi connectivity index (χ0) is 22.7. The van der Waals surface area contributed by atoms with Gasteiger partial charge in [0.05, 0.1) is 0 Å². The molecule has 0 bridgehead atoms. The van der Waals surface area contributed by atoms with Gasteiger partial charge in [-0.15, -0.1) is 0 Å². The van der Waals surface area contributed by atoms with E-state index in [0.29, 0.717) is 11.1 Å². The second-order valence-corrected chi connectivity index (χ2v) is 7.65. The number of aromatic nitrogens is 3. The van der Waals surface area contributed by atoms with Crippen molar-refractivity contribution < 1.29 is 22.8 Å². The summed E-state index contributed by atoms with van der Waals surface area (Å²) in [5.74, 6) is 0.279. The Labute approximate surface area is 183 Å². The van der Waals surface area contributed by atoms with Gasteiger partial charge in [-0.05, 0) is 31.4 Å². The first-order valence-electron chi connectivity index (χ1n) is 10.3. The van der Waals surface area contributed by atoms with Gasteiger partial charge in [-0.1, -0.05) is 23.4 Å². The zero-order valence-electron chi connectivity index (χ0n) is 17.6. The number of primary amides is 1. The quantitative estimate of drug-likeness (QED) is 0.567. The van der Waals surface area contributed by atoms with E-state index in [4.69, 9.17) is 15.0 Å². The molecule has 2 aromatic heterocycles. The zero-order valence-corrected chi connectivity index (χ0v) is 17.6. The normalized spacial score (nSPS) is 13.7. The maximum Gasteiger partial charge on any atom is 0.319 e. The van der Waals surface area contributed by atoms with Crippen molar-refractivity contribution in [3.05, 3.63) is 64.2 Å². The fraction of sp³-hybridized carbons (Fsp3) is 0.364. The second kappa shape index (κ2) is 9.29. The molecule has 8 nitrogen and oxygen atoms in total. The minimum absolute atomic E-state index is 0.0611. The molecule has 1 aliphatic heterocycles. The predicted molar refractivity (Wildman–Crippen MR) is 112 cm³/mol. The molecule has 0 unspecified atom stereocenters. The number of hydrogen-bond donors (Lipinski definition) is 1. The van der Waals surface area contributed by atoms with Crippen LogP contribution < -0.4 is 15.4 Å². The van der Waals surface area contributed by atoms with E-state index in [0.717, 1.165) is 37.4 Å². The van der Waals surface area contributed by atoms with Gasteiger partial charge in [-0.3, -0.25) is 4.79 Å². The van der Waals surface area contributed by atoms with Gasteiger partial charge in [0.2, 0.25) is 0 Å². The summed E-state index contributed by atoms with van der Waals surface area (Å²) in [5, 5.41) is 3.75. The first-order chi connectivity index (χ1) is 15.4. The van der Waals surface area contributed by atoms with E-state index in [-0.39, 0.29) is 36.1 Å². The van der Waals surface area contributed by atoms with Crippen LogP contribution in [0.15, 0.2) is 34.9 Å². The average Bonchev–Trinajstić information content (AvgIpc) is 3.42. The summed E-state index contributed by atoms with van der Waals surface area (Å²) in [6.07, 6.45) is -0.236. The Hall–Kier alpha value is -3.56. The average molecular weight is 443 g/mol. The van der Waals surface area contributed by atoms with Crippen molar-refractivity contribution in [1.29, 1.82) is 0 Å². The molecular formula is C22H23F2N5O3. The maximum atomic E-state index is 13.1. The summed E-state index contributed by atoms with van der Waals surface area (Å²) in [7, 11) is 0. The third-order valence-corrected chi connectivity index (χ3v) is 5.27. The number of aryl methyl sites for hydroxylation is 1. The van der Waals surface area contributed by atoms with E-state index in [2.05, 4.69) is 20.0 Å². The molecule has 3 heterocycles. The molecule has 168 valence electrons. The Kier molecular flexibility index (Phi) is 6.29. The Balaban J connectivity index is 1.56. The molecule has 1 aromatic carbocycles. The van der Waals surface area contributed by atoms with Crippen LogP contribution in [0.4, 0.5) is 14.6 Å². The monoisotopic (exact) mass is 443 g/mol. The van der Waals surface area contributed by atoms with Crippen molar-refractivity contribution in [1.82, 2.24) is 15.1 Å². The Morgan fingerprint density at radius 1 is 1.25 bits per heavy atom. The summed E-state index contributed by atoms with van der Waals surface area (Å²) in [5.41, 5.74) is 6.97. The number of halogens is 2. The molecule has 1 fully saturated rings. The van der Waals surface area contributed by atoms with Crippen LogP contribution in [-0.4, -0.2) is 34.1 Å². The molecule has 32 heavy (non-hydrogen) atoms. The number of ether oxygens (including phenoxy) is 1. The summed E-state index contributed by atoms with van der Waals surface area (Å²) in [6, 6.07) is 8.01. The van der Waals surface area contributed by atoms with Crippen LogP contribution in [0, 0.1) is 6.92 Å². The molecule has 0 saturated carbocycles. The lowest BCUT2D eigenvalue weighted by atomic mass is 10.0. The SMILES string of the molecule is Cc1cc(N2CCCC2)nc(OCc2onc(C(N)=O)c2Cc2cccc(C(F)F)c2)n1. The number of nitrogens with two attached hydrogens (primary N) is 1. The lowest BCUT2D eigenvalue weighted by Crippen LogP contribution is -2.19. The van der Waals surface area contributed by atoms with Gasteiger partial charge in [0.25, 0.3) is 12.3 Å². The molecule has 1 saturated heterocycles. The third-order valence-electron chi connectivity index (χ3n) is 5.27. The van der Waals surface area contributed by atoms with Gasteiger partial charge in [-0.25, -0.2) is 13.8 Å². The predicted octanol–water partition coefficient (Wildman–Crippen LogP) is 3.58. The van der Waals surface area contributed by atoms with Gasteiger partial charge >= 0.3 is 6.01 Å². The molecule has 0 aliphatic carbocycles. The standard InChI is InChI=1S/C22H23F2N5O3/c1-13-9-18(29-7-2-3-8-29)27-22(26-13)31-12-17-16(19(21(25)30)28-32-17)11-14-5-4-6-15(10-14)20(23)24/h4-6,9-10,20H,2-3,7-8,11-12H2,1H3,(H2,25,30). The second-order valence-electron chi connectivity index (χ2n) is 7.65. The highest BCUT2D eigenvalue weighted by molar-refractivity contribution is 5.92. The highest BCUT2D eigenvalue weighted by atomic mass is 19.3. The molecule has 4 rings (SSSR count). The molecule has 3 aromatic rings. The van der Waals surface area contributed by atoms with Crippen LogP contribution >= 0.6 is 0 Å². The topological polar surface area (TPSA) is 107 Å². The first-order valence-corrected chi connectivity index (χ1v) is 10.3. The Bertz CT molecular complexity index is 1110. The fourth-order valence-corrected chi connectivity index (χ4v) is 3.70. The van der Waals surface area contributed by atoms with Crippen molar-refractivity contribution in [2.75, 3.05) is 18.0 Å². The van der Waals surface area contributed by atoms with E-state index < -0.39 is 12.3 Å². The number of rotatable bonds is 8. The van der Waals surface area contributed by atoms with Gasteiger partial charge in [0.15, 0.2) is 18.1 Å². The number of hydrogen-bond acceptors (Lipinski definition) is 7. The lowest BCUT2D eigenvalue weighted by Gasteiger charge is -2.17. The number of amides is 1. The first kappa shape index (κ1) is 21.7. The van der Waals surface area contributed by atoms with Crippen molar-refractivity contribution in [2.45, 2.75) is 39.2 Å². The molecule has 0 radical (unpaired) electrons. The summed E-state index contributed by atoms with van der Waals surface area (Å²) in [4.78, 5) is 22.8. The molecular weight excluding hydrogens is 420 g/mol. The van der Waals surface area contributed by atoms with Crippen LogP contribution in [0.5, 0.6) is 6.01 Å². The van der Waals surface area contributed by atoms with Gasteiger partial charge in [0, 0.05) is 42.4 Å². The summed E-state index contributed by atoms with van der Waals surface area (Å²) in [6.45, 7) is 3.63. The Morgan fingerprint density at radius 3 is 2.75 bits per heavy atom. The van der Waals surface area contributed by atoms with Gasteiger partial charge < -0.3 is 19.9 Å². The lowest BCUT2D eigenvalue weighted by molar-refractivity contribution is 0.0990. The van der Waals surface area contributed by atoms with E-state index in [9.17, 15) is 13.6 Å². The highest BCUT2D eigenvalue weighted by Gasteiger charge is 2.22. The third kappa shape index (κ3) is 4.84. The van der Waals surface area contributed by atoms with Crippen molar-refractivity contribution in [2.24, 2.45) is 5.73 Å². The van der Waals surface area contributed by atoms with Crippen LogP contribution in [-0.2, 0) is 13.0 Å². The van der Waals surface area contributed by atoms with Crippen LogP contribution in [0.1, 0.15) is 57.9 Å². The van der Waals surface area contributed by atoms with Gasteiger partial charge in [-0.2, -0.15) is 4.98 Å². The molecule has 0 spiro atoms. The summed E-state index contributed by atoms with van der Waals surface area (Å²) < 4.78 is 37.2. The summed E-state index contributed by atoms with van der Waals surface area (Å²) >= 11 is 0. The van der Waals surface area contributed by atoms with Crippen molar-refractivity contribution in [3.63, 3.8) is 0 Å². The molecule has 1 amide bonds. The number of alkyl halides is 2. The van der Waals surface area contributed by atoms with E-state index in [1.54, 1.807) is 6.07 Å². The van der Waals surface area contributed by atoms with E-state index in [1.807, 2.05) is 13.0 Å². The minimum atomic E-state index is -2.60. The fourth-order valence-electron chi connectivity index (χ4n) is 3.70. The number of nitrogens with zero attached hydrogens (tertiary/aromatic N) is 4. The number of anilines is 1. The minimum Gasteiger partial charge on any atom is -0.455 e. The number of carbonyl (C=O) groups is 1. The number of benzene rings is 1. The molecule has 2 N–H and O–H groups in total. The number of carbonyl (C=O) groups excluding carboxylic acids is 1.